The molecule has 1 saturated heterocycles. The molecule has 1 atom stereocenters. The van der Waals surface area contributed by atoms with Crippen LogP contribution in [-0.4, -0.2) is 24.0 Å². The van der Waals surface area contributed by atoms with E-state index in [4.69, 9.17) is 0 Å². The number of hydrogen-bond donors (Lipinski definition) is 1. The van der Waals surface area contributed by atoms with E-state index < -0.39 is 0 Å². The molecule has 4 heteroatoms. The summed E-state index contributed by atoms with van der Waals surface area (Å²) < 4.78 is 0.821. The van der Waals surface area contributed by atoms with E-state index in [0.29, 0.717) is 6.54 Å². The minimum Gasteiger partial charge on any atom is -0.351 e. The first-order chi connectivity index (χ1) is 5.70. The van der Waals surface area contributed by atoms with Gasteiger partial charge in [0.2, 0.25) is 5.91 Å². The summed E-state index contributed by atoms with van der Waals surface area (Å²) >= 11 is 5.05. The zero-order valence-corrected chi connectivity index (χ0v) is 9.21. The number of halogens is 1. The Morgan fingerprint density at radius 1 is 1.75 bits per heavy atom. The fourth-order valence-electron chi connectivity index (χ4n) is 1.07. The topological polar surface area (TPSA) is 29.1 Å². The van der Waals surface area contributed by atoms with Crippen LogP contribution in [0.15, 0.2) is 11.1 Å². The first-order valence-electron chi connectivity index (χ1n) is 3.89. The monoisotopic (exact) mass is 249 g/mol. The number of amides is 1. The summed E-state index contributed by atoms with van der Waals surface area (Å²) in [6.07, 6.45) is 1.02. The van der Waals surface area contributed by atoms with Crippen LogP contribution in [0.2, 0.25) is 0 Å². The van der Waals surface area contributed by atoms with Crippen LogP contribution in [0.5, 0.6) is 0 Å². The van der Waals surface area contributed by atoms with Gasteiger partial charge in [0.15, 0.2) is 0 Å². The van der Waals surface area contributed by atoms with Gasteiger partial charge in [-0.15, -0.1) is 0 Å². The van der Waals surface area contributed by atoms with Crippen LogP contribution in [-0.2, 0) is 4.79 Å². The van der Waals surface area contributed by atoms with Gasteiger partial charge in [0.05, 0.1) is 0 Å². The Morgan fingerprint density at radius 2 is 2.50 bits per heavy atom. The van der Waals surface area contributed by atoms with Crippen LogP contribution in [0.4, 0.5) is 0 Å². The van der Waals surface area contributed by atoms with Crippen molar-refractivity contribution in [3.63, 3.8) is 0 Å². The van der Waals surface area contributed by atoms with Gasteiger partial charge in [-0.1, -0.05) is 22.5 Å². The molecule has 1 fully saturated rings. The molecule has 1 unspecified atom stereocenters. The van der Waals surface area contributed by atoms with E-state index in [2.05, 4.69) is 27.8 Å². The summed E-state index contributed by atoms with van der Waals surface area (Å²) in [6.45, 7) is 4.19. The largest absolute Gasteiger partial charge is 0.351 e. The number of rotatable bonds is 3. The van der Waals surface area contributed by atoms with E-state index in [-0.39, 0.29) is 11.8 Å². The van der Waals surface area contributed by atoms with Crippen LogP contribution >= 0.6 is 27.7 Å². The molecule has 12 heavy (non-hydrogen) atoms. The average Bonchev–Trinajstić information content (AvgIpc) is 2.51. The standard InChI is InChI=1S/C8H12BrNOS/c1-6(9)4-10-8(11)7-2-3-12-5-7/h7H,1-5H2,(H,10,11). The first kappa shape index (κ1) is 10.1. The minimum absolute atomic E-state index is 0.167. The molecule has 1 rings (SSSR count). The van der Waals surface area contributed by atoms with E-state index in [1.54, 1.807) is 0 Å². The molecule has 2 nitrogen and oxygen atoms in total. The second-order valence-corrected chi connectivity index (χ2v) is 5.07. The van der Waals surface area contributed by atoms with E-state index in [1.165, 1.54) is 0 Å². The fourth-order valence-corrected chi connectivity index (χ4v) is 2.43. The van der Waals surface area contributed by atoms with Crippen LogP contribution in [0.3, 0.4) is 0 Å². The molecule has 0 radical (unpaired) electrons. The first-order valence-corrected chi connectivity index (χ1v) is 5.83. The van der Waals surface area contributed by atoms with Crippen molar-refractivity contribution in [3.05, 3.63) is 11.1 Å². The summed E-state index contributed by atoms with van der Waals surface area (Å²) in [4.78, 5) is 11.4. The van der Waals surface area contributed by atoms with Crippen molar-refractivity contribution in [2.75, 3.05) is 18.1 Å². The third-order valence-corrected chi connectivity index (χ3v) is 3.20. The van der Waals surface area contributed by atoms with Gasteiger partial charge in [-0.3, -0.25) is 4.79 Å². The lowest BCUT2D eigenvalue weighted by Crippen LogP contribution is -2.31. The summed E-state index contributed by atoms with van der Waals surface area (Å²) in [5.74, 6) is 2.48. The van der Waals surface area contributed by atoms with Crippen LogP contribution in [0.25, 0.3) is 0 Å². The van der Waals surface area contributed by atoms with Crippen LogP contribution in [0.1, 0.15) is 6.42 Å². The van der Waals surface area contributed by atoms with E-state index >= 15 is 0 Å². The normalized spacial score (nSPS) is 22.2. The maximum Gasteiger partial charge on any atom is 0.224 e. The lowest BCUT2D eigenvalue weighted by atomic mass is 10.1. The average molecular weight is 250 g/mol. The Hall–Kier alpha value is 0.0400. The lowest BCUT2D eigenvalue weighted by Gasteiger charge is -2.08. The molecular weight excluding hydrogens is 238 g/mol. The molecule has 0 saturated carbocycles. The molecule has 0 bridgehead atoms. The van der Waals surface area contributed by atoms with Gasteiger partial charge >= 0.3 is 0 Å². The molecule has 1 aliphatic rings. The Kier molecular flexibility index (Phi) is 4.15. The molecule has 1 heterocycles. The highest BCUT2D eigenvalue weighted by Crippen LogP contribution is 2.23. The SMILES string of the molecule is C=C(Br)CNC(=O)C1CCSC1. The lowest BCUT2D eigenvalue weighted by molar-refractivity contribution is -0.124. The van der Waals surface area contributed by atoms with Gasteiger partial charge in [0, 0.05) is 22.7 Å². The molecule has 1 aliphatic heterocycles. The van der Waals surface area contributed by atoms with Gasteiger partial charge in [-0.05, 0) is 12.2 Å². The van der Waals surface area contributed by atoms with Crippen molar-refractivity contribution >= 4 is 33.6 Å². The quantitative estimate of drug-likeness (QED) is 0.827. The van der Waals surface area contributed by atoms with Crippen LogP contribution in [0, 0.1) is 5.92 Å². The predicted octanol–water partition coefficient (Wildman–Crippen LogP) is 1.76. The van der Waals surface area contributed by atoms with Crippen molar-refractivity contribution in [1.29, 1.82) is 0 Å². The Balaban J connectivity index is 2.23. The summed E-state index contributed by atoms with van der Waals surface area (Å²) in [5.41, 5.74) is 0. The molecule has 0 aromatic carbocycles. The van der Waals surface area contributed by atoms with Gasteiger partial charge in [0.1, 0.15) is 0 Å². The van der Waals surface area contributed by atoms with Gasteiger partial charge in [-0.2, -0.15) is 11.8 Å². The van der Waals surface area contributed by atoms with Gasteiger partial charge in [0.25, 0.3) is 0 Å². The predicted molar refractivity (Wildman–Crippen MR) is 56.5 cm³/mol. The van der Waals surface area contributed by atoms with E-state index in [1.807, 2.05) is 11.8 Å². The van der Waals surface area contributed by atoms with Crippen molar-refractivity contribution in [2.45, 2.75) is 6.42 Å². The Bertz CT molecular complexity index is 189. The zero-order valence-electron chi connectivity index (χ0n) is 6.81. The molecule has 1 N–H and O–H groups in total. The molecule has 0 aromatic rings. The fraction of sp³-hybridized carbons (Fsp3) is 0.625. The van der Waals surface area contributed by atoms with Crippen molar-refractivity contribution in [2.24, 2.45) is 5.92 Å². The molecule has 0 aliphatic carbocycles. The minimum atomic E-state index is 0.167. The van der Waals surface area contributed by atoms with Crippen LogP contribution < -0.4 is 5.32 Å². The summed E-state index contributed by atoms with van der Waals surface area (Å²) in [7, 11) is 0. The van der Waals surface area contributed by atoms with Crippen molar-refractivity contribution < 1.29 is 4.79 Å². The highest BCUT2D eigenvalue weighted by atomic mass is 79.9. The third-order valence-electron chi connectivity index (χ3n) is 1.75. The summed E-state index contributed by atoms with van der Waals surface area (Å²) in [5, 5.41) is 2.83. The van der Waals surface area contributed by atoms with E-state index in [9.17, 15) is 4.79 Å². The second kappa shape index (κ2) is 4.92. The van der Waals surface area contributed by atoms with Crippen molar-refractivity contribution in [3.8, 4) is 0 Å². The molecule has 0 spiro atoms. The maximum absolute atomic E-state index is 11.4. The van der Waals surface area contributed by atoms with Crippen molar-refractivity contribution in [1.82, 2.24) is 5.32 Å². The number of nitrogens with one attached hydrogen (secondary N) is 1. The van der Waals surface area contributed by atoms with Gasteiger partial charge < -0.3 is 5.32 Å². The smallest absolute Gasteiger partial charge is 0.224 e. The highest BCUT2D eigenvalue weighted by Gasteiger charge is 2.22. The zero-order chi connectivity index (χ0) is 8.97. The highest BCUT2D eigenvalue weighted by molar-refractivity contribution is 9.11. The number of hydrogen-bond acceptors (Lipinski definition) is 2. The Morgan fingerprint density at radius 3 is 3.00 bits per heavy atom. The summed E-state index contributed by atoms with van der Waals surface area (Å²) in [6, 6.07) is 0. The van der Waals surface area contributed by atoms with E-state index in [0.717, 1.165) is 22.4 Å². The van der Waals surface area contributed by atoms with Gasteiger partial charge in [-0.25, -0.2) is 0 Å². The maximum atomic E-state index is 11.4. The number of carbonyl (C=O) groups is 1. The molecule has 68 valence electrons. The number of thioether (sulfide) groups is 1. The molecular formula is C8H12BrNOS. The molecule has 1 amide bonds. The second-order valence-electron chi connectivity index (χ2n) is 2.80. The molecule has 0 aromatic heterocycles. The number of carbonyl (C=O) groups excluding carboxylic acids is 1. The third kappa shape index (κ3) is 3.19. The Labute approximate surface area is 85.3 Å².